The molecule has 3 atom stereocenters. The Labute approximate surface area is 415 Å². The molecule has 0 bridgehead atoms. The van der Waals surface area contributed by atoms with Gasteiger partial charge in [0.2, 0.25) is 5.91 Å². The summed E-state index contributed by atoms with van der Waals surface area (Å²) in [6.45, 7) is 12.7. The van der Waals surface area contributed by atoms with Crippen LogP contribution in [-0.2, 0) is 34.3 Å². The van der Waals surface area contributed by atoms with Crippen LogP contribution in [0.15, 0.2) is 79.0 Å². The highest BCUT2D eigenvalue weighted by Gasteiger charge is 2.54. The van der Waals surface area contributed by atoms with Crippen LogP contribution < -0.4 is 19.5 Å². The summed E-state index contributed by atoms with van der Waals surface area (Å²) in [6, 6.07) is 24.2. The first-order valence-electron chi connectivity index (χ1n) is 25.8. The standard InChI is InChI=1S/C57H74ClN5O6/c1-40(36-69-51-18-25-59-50-14-5-9-41(2)53(50)51)31-44-33-43-16-17-48(35-49(43)56(44)20-22-57(23-21-56,54(65)66)60-46-12-7-11-45(58)34-46)67-29-8-15-52(64)62(4)26-19-42-10-6-13-47(32-42)68-30-28-63-38-55(39-63)24-27-61(3)37-55/h6-7,10-13,16-18,25,32,34-35,40-41,44,60H,5,8-9,14-15,19-24,26-31,33,36-39H2,1-4H3,(H,65,66)/t40-,41-,44?,56?,57?/m1/s1. The smallest absolute Gasteiger partial charge is 0.329 e. The van der Waals surface area contributed by atoms with Crippen LogP contribution in [0.25, 0.3) is 0 Å². The summed E-state index contributed by atoms with van der Waals surface area (Å²) in [4.78, 5) is 37.9. The Hall–Kier alpha value is -4.84. The highest BCUT2D eigenvalue weighted by molar-refractivity contribution is 6.30. The number of nitrogens with one attached hydrogen (secondary N) is 1. The van der Waals surface area contributed by atoms with Gasteiger partial charge in [-0.1, -0.05) is 49.7 Å². The molecule has 0 radical (unpaired) electrons. The summed E-state index contributed by atoms with van der Waals surface area (Å²) in [5.74, 6) is 2.96. The molecule has 3 heterocycles. The number of hydrogen-bond acceptors (Lipinski definition) is 9. The summed E-state index contributed by atoms with van der Waals surface area (Å²) in [7, 11) is 4.11. The Morgan fingerprint density at radius 3 is 2.54 bits per heavy atom. The van der Waals surface area contributed by atoms with E-state index in [0.29, 0.717) is 74.3 Å². The number of halogens is 1. The van der Waals surface area contributed by atoms with Crippen molar-refractivity contribution in [1.82, 2.24) is 19.7 Å². The fraction of sp³-hybridized carbons (Fsp3) is 0.561. The zero-order chi connectivity index (χ0) is 48.2. The van der Waals surface area contributed by atoms with Gasteiger partial charge in [0.15, 0.2) is 0 Å². The number of anilines is 1. The molecule has 2 aliphatic heterocycles. The molecule has 5 aliphatic rings. The lowest BCUT2D eigenvalue weighted by Crippen LogP contribution is -2.58. The number of nitrogens with zero attached hydrogens (tertiary/aromatic N) is 4. The topological polar surface area (TPSA) is 117 Å². The van der Waals surface area contributed by atoms with Gasteiger partial charge in [0, 0.05) is 79.8 Å². The minimum Gasteiger partial charge on any atom is -0.494 e. The van der Waals surface area contributed by atoms with Crippen molar-refractivity contribution in [3.05, 3.63) is 112 Å². The number of carboxylic acid groups (broad SMARTS) is 1. The number of amides is 1. The van der Waals surface area contributed by atoms with E-state index in [1.807, 2.05) is 48.5 Å². The average molecular weight is 961 g/mol. The molecule has 3 aliphatic carbocycles. The number of fused-ring (bicyclic) bond motifs is 3. The molecule has 2 N–H and O–H groups in total. The third kappa shape index (κ3) is 11.2. The lowest BCUT2D eigenvalue weighted by Gasteiger charge is -2.48. The second-order valence-electron chi connectivity index (χ2n) is 21.7. The van der Waals surface area contributed by atoms with Gasteiger partial charge in [0.05, 0.1) is 13.2 Å². The number of aliphatic carboxylic acids is 1. The maximum atomic E-state index is 13.3. The first-order valence-corrected chi connectivity index (χ1v) is 26.2. The predicted molar refractivity (Wildman–Crippen MR) is 273 cm³/mol. The Balaban J connectivity index is 0.789. The van der Waals surface area contributed by atoms with Gasteiger partial charge in [-0.15, -0.1) is 0 Å². The van der Waals surface area contributed by atoms with Crippen molar-refractivity contribution >= 4 is 29.2 Å². The van der Waals surface area contributed by atoms with Crippen LogP contribution in [0.1, 0.15) is 112 Å². The number of carbonyl (C=O) groups is 2. The Morgan fingerprint density at radius 1 is 0.957 bits per heavy atom. The van der Waals surface area contributed by atoms with Gasteiger partial charge in [-0.2, -0.15) is 0 Å². The van der Waals surface area contributed by atoms with E-state index in [1.165, 1.54) is 61.4 Å². The van der Waals surface area contributed by atoms with Crippen LogP contribution in [0.4, 0.5) is 5.69 Å². The highest BCUT2D eigenvalue weighted by atomic mass is 35.5. The van der Waals surface area contributed by atoms with E-state index in [9.17, 15) is 14.7 Å². The lowest BCUT2D eigenvalue weighted by atomic mass is 9.59. The fourth-order valence-corrected chi connectivity index (χ4v) is 12.9. The van der Waals surface area contributed by atoms with Crippen molar-refractivity contribution in [2.24, 2.45) is 17.3 Å². The van der Waals surface area contributed by atoms with Crippen LogP contribution in [-0.4, -0.2) is 115 Å². The summed E-state index contributed by atoms with van der Waals surface area (Å²) >= 11 is 6.34. The van der Waals surface area contributed by atoms with Crippen molar-refractivity contribution in [2.45, 2.75) is 114 Å². The van der Waals surface area contributed by atoms with E-state index < -0.39 is 11.5 Å². The number of hydrogen-bond donors (Lipinski definition) is 2. The SMILES string of the molecule is C[C@@H](COc1ccnc2c1[C@H](C)CCC2)CC1Cc2ccc(OCCCC(=O)N(C)CCc3cccc(OCCN4CC5(CCN(C)C5)C4)c3)cc2C12CCC(Nc1cccc(Cl)c1)(C(=O)O)CC2. The first kappa shape index (κ1) is 49.2. The monoisotopic (exact) mass is 960 g/mol. The van der Waals surface area contributed by atoms with Crippen molar-refractivity contribution in [3.8, 4) is 17.2 Å². The van der Waals surface area contributed by atoms with Gasteiger partial charge in [-0.05, 0) is 179 Å². The number of aromatic nitrogens is 1. The molecule has 69 heavy (non-hydrogen) atoms. The first-order chi connectivity index (χ1) is 33.3. The highest BCUT2D eigenvalue weighted by Crippen LogP contribution is 2.57. The number of likely N-dealkylation sites (N-methyl/N-ethyl adjacent to an activating group) is 1. The minimum absolute atomic E-state index is 0.106. The van der Waals surface area contributed by atoms with Gasteiger partial charge >= 0.3 is 5.97 Å². The Kier molecular flexibility index (Phi) is 15.1. The van der Waals surface area contributed by atoms with E-state index >= 15 is 0 Å². The maximum Gasteiger partial charge on any atom is 0.329 e. The van der Waals surface area contributed by atoms with Crippen LogP contribution in [0.3, 0.4) is 0 Å². The molecule has 3 aromatic carbocycles. The molecule has 12 heteroatoms. The van der Waals surface area contributed by atoms with E-state index in [2.05, 4.69) is 66.3 Å². The maximum absolute atomic E-state index is 13.3. The zero-order valence-electron chi connectivity index (χ0n) is 41.4. The molecule has 4 aromatic rings. The molecule has 370 valence electrons. The quantitative estimate of drug-likeness (QED) is 0.0830. The van der Waals surface area contributed by atoms with Crippen LogP contribution in [0.2, 0.25) is 5.02 Å². The van der Waals surface area contributed by atoms with Gasteiger partial charge in [-0.3, -0.25) is 14.7 Å². The van der Waals surface area contributed by atoms with Gasteiger partial charge in [-0.25, -0.2) is 4.79 Å². The molecule has 9 rings (SSSR count). The number of pyridine rings is 1. The molecular formula is C57H74ClN5O6. The zero-order valence-corrected chi connectivity index (χ0v) is 42.2. The van der Waals surface area contributed by atoms with Crippen LogP contribution in [0.5, 0.6) is 17.2 Å². The molecule has 1 aromatic heterocycles. The van der Waals surface area contributed by atoms with Crippen molar-refractivity contribution in [3.63, 3.8) is 0 Å². The van der Waals surface area contributed by atoms with Crippen molar-refractivity contribution in [2.75, 3.05) is 78.5 Å². The number of carboxylic acids is 1. The lowest BCUT2D eigenvalue weighted by molar-refractivity contribution is -0.144. The molecule has 3 fully saturated rings. The van der Waals surface area contributed by atoms with E-state index in [-0.39, 0.29) is 17.2 Å². The van der Waals surface area contributed by atoms with Gasteiger partial charge in [0.25, 0.3) is 0 Å². The second-order valence-corrected chi connectivity index (χ2v) is 22.2. The van der Waals surface area contributed by atoms with Crippen molar-refractivity contribution in [1.29, 1.82) is 0 Å². The van der Waals surface area contributed by atoms with E-state index in [1.54, 1.807) is 12.1 Å². The molecule has 2 saturated heterocycles. The molecule has 11 nitrogen and oxygen atoms in total. The van der Waals surface area contributed by atoms with Crippen LogP contribution >= 0.6 is 11.6 Å². The average Bonchev–Trinajstić information content (AvgIpc) is 3.86. The third-order valence-corrected chi connectivity index (χ3v) is 16.8. The molecule has 1 saturated carbocycles. The Bertz CT molecular complexity index is 2430. The number of carbonyl (C=O) groups excluding carboxylic acids is 1. The number of aryl methyl sites for hydroxylation is 1. The van der Waals surface area contributed by atoms with E-state index in [4.69, 9.17) is 30.8 Å². The largest absolute Gasteiger partial charge is 0.494 e. The number of likely N-dealkylation sites (tertiary alicyclic amines) is 2. The number of benzene rings is 3. The summed E-state index contributed by atoms with van der Waals surface area (Å²) in [5, 5.41) is 14.8. The van der Waals surface area contributed by atoms with Crippen molar-refractivity contribution < 1.29 is 28.9 Å². The summed E-state index contributed by atoms with van der Waals surface area (Å²) in [5.41, 5.74) is 6.11. The predicted octanol–water partition coefficient (Wildman–Crippen LogP) is 10.1. The molecule has 1 amide bonds. The van der Waals surface area contributed by atoms with Crippen LogP contribution in [0, 0.1) is 17.3 Å². The molecule has 2 spiro atoms. The summed E-state index contributed by atoms with van der Waals surface area (Å²) < 4.78 is 19.2. The normalized spacial score (nSPS) is 24.3. The number of ether oxygens (including phenoxy) is 3. The third-order valence-electron chi connectivity index (χ3n) is 16.6. The van der Waals surface area contributed by atoms with E-state index in [0.717, 1.165) is 80.0 Å². The second kappa shape index (κ2) is 21.3. The number of rotatable bonds is 20. The molecule has 1 unspecified atom stereocenters. The minimum atomic E-state index is -1.11. The molecular weight excluding hydrogens is 886 g/mol. The van der Waals surface area contributed by atoms with Gasteiger partial charge < -0.3 is 34.4 Å². The Morgan fingerprint density at radius 2 is 1.75 bits per heavy atom. The fourth-order valence-electron chi connectivity index (χ4n) is 12.8. The van der Waals surface area contributed by atoms with Gasteiger partial charge in [0.1, 0.15) is 29.4 Å². The summed E-state index contributed by atoms with van der Waals surface area (Å²) in [6.07, 6.45) is 12.6.